The number of benzene rings is 1. The van der Waals surface area contributed by atoms with Gasteiger partial charge in [0.2, 0.25) is 0 Å². The largest absolute Gasteiger partial charge is 0.356 e. The topological polar surface area (TPSA) is 49.3 Å². The van der Waals surface area contributed by atoms with Crippen molar-refractivity contribution >= 4 is 5.96 Å². The molecule has 3 rings (SSSR count). The third-order valence-corrected chi connectivity index (χ3v) is 5.52. The zero-order chi connectivity index (χ0) is 19.3. The highest BCUT2D eigenvalue weighted by molar-refractivity contribution is 5.79. The van der Waals surface area contributed by atoms with Crippen LogP contribution in [0.5, 0.6) is 0 Å². The lowest BCUT2D eigenvalue weighted by Crippen LogP contribution is -2.43. The Hall–Kier alpha value is -2.43. The molecule has 0 bridgehead atoms. The van der Waals surface area contributed by atoms with E-state index in [2.05, 4.69) is 40.5 Å². The van der Waals surface area contributed by atoms with Gasteiger partial charge in [-0.25, -0.2) is 4.39 Å². The fourth-order valence-electron chi connectivity index (χ4n) is 3.60. The van der Waals surface area contributed by atoms with Crippen molar-refractivity contribution in [3.8, 4) is 0 Å². The Morgan fingerprint density at radius 2 is 1.96 bits per heavy atom. The van der Waals surface area contributed by atoms with Gasteiger partial charge < -0.3 is 10.6 Å². The number of aliphatic imine (C=N–C) groups is 1. The highest BCUT2D eigenvalue weighted by Gasteiger charge is 2.45. The number of halogens is 1. The van der Waals surface area contributed by atoms with Gasteiger partial charge in [-0.3, -0.25) is 9.98 Å². The van der Waals surface area contributed by atoms with Crippen LogP contribution in [0.1, 0.15) is 43.7 Å². The molecule has 1 saturated carbocycles. The Morgan fingerprint density at radius 1 is 1.19 bits per heavy atom. The predicted molar refractivity (Wildman–Crippen MR) is 108 cm³/mol. The molecule has 1 aliphatic rings. The quantitative estimate of drug-likeness (QED) is 0.576. The number of aromatic nitrogens is 1. The molecule has 1 heterocycles. The van der Waals surface area contributed by atoms with Gasteiger partial charge in [-0.15, -0.1) is 0 Å². The van der Waals surface area contributed by atoms with Gasteiger partial charge >= 0.3 is 0 Å². The SMILES string of the molecule is CN=C(NCC(c1cccnc1)C(C)C)NCC1(c2ccccc2F)CC1. The van der Waals surface area contributed by atoms with Crippen LogP contribution < -0.4 is 10.6 Å². The summed E-state index contributed by atoms with van der Waals surface area (Å²) in [6.07, 6.45) is 5.73. The minimum Gasteiger partial charge on any atom is -0.356 e. The average molecular weight is 369 g/mol. The molecule has 1 aromatic heterocycles. The van der Waals surface area contributed by atoms with Gasteiger partial charge in [0.15, 0.2) is 5.96 Å². The van der Waals surface area contributed by atoms with Gasteiger partial charge in [-0.05, 0) is 42.0 Å². The highest BCUT2D eigenvalue weighted by Crippen LogP contribution is 2.48. The predicted octanol–water partition coefficient (Wildman–Crippen LogP) is 3.86. The van der Waals surface area contributed by atoms with E-state index in [-0.39, 0.29) is 11.2 Å². The van der Waals surface area contributed by atoms with E-state index in [0.29, 0.717) is 18.4 Å². The van der Waals surface area contributed by atoms with E-state index in [1.807, 2.05) is 24.4 Å². The van der Waals surface area contributed by atoms with Crippen LogP contribution in [-0.2, 0) is 5.41 Å². The fourth-order valence-corrected chi connectivity index (χ4v) is 3.60. The first-order valence-corrected chi connectivity index (χ1v) is 9.65. The van der Waals surface area contributed by atoms with Crippen LogP contribution in [0.2, 0.25) is 0 Å². The summed E-state index contributed by atoms with van der Waals surface area (Å²) in [7, 11) is 1.77. The van der Waals surface area contributed by atoms with Crippen LogP contribution in [0.15, 0.2) is 53.8 Å². The second-order valence-electron chi connectivity index (χ2n) is 7.70. The number of rotatable bonds is 7. The molecular formula is C22H29FN4. The van der Waals surface area contributed by atoms with Crippen molar-refractivity contribution in [2.24, 2.45) is 10.9 Å². The molecule has 1 unspecified atom stereocenters. The van der Waals surface area contributed by atoms with E-state index in [9.17, 15) is 4.39 Å². The Labute approximate surface area is 161 Å². The van der Waals surface area contributed by atoms with Gasteiger partial charge in [-0.1, -0.05) is 38.1 Å². The van der Waals surface area contributed by atoms with Crippen molar-refractivity contribution in [2.75, 3.05) is 20.1 Å². The normalized spacial score (nSPS) is 16.9. The molecule has 27 heavy (non-hydrogen) atoms. The van der Waals surface area contributed by atoms with E-state index >= 15 is 0 Å². The molecule has 0 spiro atoms. The first-order chi connectivity index (χ1) is 13.1. The van der Waals surface area contributed by atoms with Crippen molar-refractivity contribution in [1.82, 2.24) is 15.6 Å². The zero-order valence-electron chi connectivity index (χ0n) is 16.4. The lowest BCUT2D eigenvalue weighted by Gasteiger charge is -2.24. The second kappa shape index (κ2) is 8.51. The van der Waals surface area contributed by atoms with Crippen molar-refractivity contribution in [2.45, 2.75) is 38.0 Å². The standard InChI is InChI=1S/C22H29FN4/c1-16(2)18(17-7-6-12-25-13-17)14-26-21(24-3)27-15-22(10-11-22)19-8-4-5-9-20(19)23/h4-9,12-13,16,18H,10-11,14-15H2,1-3H3,(H2,24,26,27). The smallest absolute Gasteiger partial charge is 0.191 e. The van der Waals surface area contributed by atoms with Crippen LogP contribution in [0.3, 0.4) is 0 Å². The first kappa shape index (κ1) is 19.3. The summed E-state index contributed by atoms with van der Waals surface area (Å²) in [6, 6.07) is 11.2. The lowest BCUT2D eigenvalue weighted by atomic mass is 9.89. The summed E-state index contributed by atoms with van der Waals surface area (Å²) < 4.78 is 14.2. The number of hydrogen-bond acceptors (Lipinski definition) is 2. The molecular weight excluding hydrogens is 339 g/mol. The van der Waals surface area contributed by atoms with E-state index in [1.165, 1.54) is 5.56 Å². The summed E-state index contributed by atoms with van der Waals surface area (Å²) in [6.45, 7) is 5.89. The van der Waals surface area contributed by atoms with E-state index in [0.717, 1.165) is 30.9 Å². The van der Waals surface area contributed by atoms with E-state index in [4.69, 9.17) is 0 Å². The maximum absolute atomic E-state index is 14.2. The number of pyridine rings is 1. The Bertz CT molecular complexity index is 769. The highest BCUT2D eigenvalue weighted by atomic mass is 19.1. The third kappa shape index (κ3) is 4.65. The van der Waals surface area contributed by atoms with E-state index in [1.54, 1.807) is 25.4 Å². The van der Waals surface area contributed by atoms with Crippen LogP contribution >= 0.6 is 0 Å². The minimum absolute atomic E-state index is 0.107. The van der Waals surface area contributed by atoms with Crippen LogP contribution in [-0.4, -0.2) is 31.1 Å². The first-order valence-electron chi connectivity index (χ1n) is 9.65. The van der Waals surface area contributed by atoms with Crippen molar-refractivity contribution in [1.29, 1.82) is 0 Å². The molecule has 2 aromatic rings. The number of nitrogens with one attached hydrogen (secondary N) is 2. The average Bonchev–Trinajstić information content (AvgIpc) is 3.46. The van der Waals surface area contributed by atoms with Gasteiger partial charge in [0.25, 0.3) is 0 Å². The summed E-state index contributed by atoms with van der Waals surface area (Å²) >= 11 is 0. The van der Waals surface area contributed by atoms with Crippen molar-refractivity contribution in [3.05, 3.63) is 65.7 Å². The zero-order valence-corrected chi connectivity index (χ0v) is 16.4. The number of nitrogens with zero attached hydrogens (tertiary/aromatic N) is 2. The fraction of sp³-hybridized carbons (Fsp3) is 0.455. The Morgan fingerprint density at radius 3 is 2.56 bits per heavy atom. The molecule has 0 radical (unpaired) electrons. The maximum atomic E-state index is 14.2. The Kier molecular flexibility index (Phi) is 6.09. The van der Waals surface area contributed by atoms with Crippen LogP contribution in [0.4, 0.5) is 4.39 Å². The molecule has 1 aromatic carbocycles. The van der Waals surface area contributed by atoms with Crippen molar-refractivity contribution in [3.63, 3.8) is 0 Å². The summed E-state index contributed by atoms with van der Waals surface area (Å²) in [5, 5.41) is 6.83. The van der Waals surface area contributed by atoms with Crippen LogP contribution in [0.25, 0.3) is 0 Å². The summed E-state index contributed by atoms with van der Waals surface area (Å²) in [5.74, 6) is 1.47. The molecule has 144 valence electrons. The molecule has 2 N–H and O–H groups in total. The van der Waals surface area contributed by atoms with Crippen molar-refractivity contribution < 1.29 is 4.39 Å². The summed E-state index contributed by atoms with van der Waals surface area (Å²) in [4.78, 5) is 8.59. The van der Waals surface area contributed by atoms with Crippen LogP contribution in [0, 0.1) is 11.7 Å². The second-order valence-corrected chi connectivity index (χ2v) is 7.70. The number of hydrogen-bond donors (Lipinski definition) is 2. The molecule has 4 nitrogen and oxygen atoms in total. The molecule has 5 heteroatoms. The summed E-state index contributed by atoms with van der Waals surface area (Å²) in [5.41, 5.74) is 1.92. The number of guanidine groups is 1. The maximum Gasteiger partial charge on any atom is 0.191 e. The van der Waals surface area contributed by atoms with Gasteiger partial charge in [0.05, 0.1) is 0 Å². The molecule has 1 aliphatic carbocycles. The van der Waals surface area contributed by atoms with Gasteiger partial charge in [-0.2, -0.15) is 0 Å². The lowest BCUT2D eigenvalue weighted by molar-refractivity contribution is 0.485. The van der Waals surface area contributed by atoms with Gasteiger partial charge in [0.1, 0.15) is 5.82 Å². The van der Waals surface area contributed by atoms with Gasteiger partial charge in [0, 0.05) is 43.9 Å². The van der Waals surface area contributed by atoms with E-state index < -0.39 is 0 Å². The Balaban J connectivity index is 1.59. The molecule has 1 fully saturated rings. The molecule has 0 amide bonds. The monoisotopic (exact) mass is 368 g/mol. The minimum atomic E-state index is -0.115. The molecule has 0 aliphatic heterocycles. The molecule has 1 atom stereocenters. The third-order valence-electron chi connectivity index (χ3n) is 5.52. The molecule has 0 saturated heterocycles.